The smallest absolute Gasteiger partial charge is 0.269 e. The number of rotatable bonds is 9. The number of benzene rings is 3. The van der Waals surface area contributed by atoms with Crippen LogP contribution in [0.1, 0.15) is 5.56 Å². The number of hydrazone groups is 1. The molecule has 0 bridgehead atoms. The number of hydrogen-bond acceptors (Lipinski definition) is 10. The highest BCUT2D eigenvalue weighted by molar-refractivity contribution is 5.80. The van der Waals surface area contributed by atoms with Crippen molar-refractivity contribution in [3.05, 3.63) is 94.3 Å². The first-order chi connectivity index (χ1) is 17.0. The Kier molecular flexibility index (Phi) is 7.02. The maximum absolute atomic E-state index is 13.8. The Morgan fingerprint density at radius 1 is 0.886 bits per heavy atom. The van der Waals surface area contributed by atoms with E-state index in [1.165, 1.54) is 36.5 Å². The molecule has 0 aliphatic heterocycles. The molecule has 4 aromatic rings. The van der Waals surface area contributed by atoms with Gasteiger partial charge in [0.2, 0.25) is 17.8 Å². The van der Waals surface area contributed by atoms with Gasteiger partial charge in [-0.2, -0.15) is 20.1 Å². The van der Waals surface area contributed by atoms with E-state index in [0.29, 0.717) is 17.1 Å². The van der Waals surface area contributed by atoms with Gasteiger partial charge in [0.05, 0.1) is 18.2 Å². The number of ether oxygens (including phenoxy) is 1. The number of nitrogens with one attached hydrogen (secondary N) is 3. The quantitative estimate of drug-likeness (QED) is 0.176. The fourth-order valence-corrected chi connectivity index (χ4v) is 2.88. The van der Waals surface area contributed by atoms with Crippen LogP contribution in [0.4, 0.5) is 39.3 Å². The van der Waals surface area contributed by atoms with Crippen LogP contribution in [0.2, 0.25) is 0 Å². The van der Waals surface area contributed by atoms with Gasteiger partial charge in [0.25, 0.3) is 5.69 Å². The Bertz CT molecular complexity index is 1350. The van der Waals surface area contributed by atoms with E-state index in [1.807, 2.05) is 0 Å². The van der Waals surface area contributed by atoms with E-state index in [9.17, 15) is 14.5 Å². The van der Waals surface area contributed by atoms with Crippen LogP contribution in [0.3, 0.4) is 0 Å². The number of hydrogen-bond donors (Lipinski definition) is 3. The average Bonchev–Trinajstić information content (AvgIpc) is 2.86. The maximum Gasteiger partial charge on any atom is 0.269 e. The molecule has 176 valence electrons. The van der Waals surface area contributed by atoms with Gasteiger partial charge in [-0.1, -0.05) is 18.2 Å². The predicted octanol–water partition coefficient (Wildman–Crippen LogP) is 4.86. The molecule has 0 saturated carbocycles. The topological polar surface area (TPSA) is 139 Å². The maximum atomic E-state index is 13.8. The van der Waals surface area contributed by atoms with Crippen molar-refractivity contribution in [2.45, 2.75) is 0 Å². The van der Waals surface area contributed by atoms with Gasteiger partial charge in [0.1, 0.15) is 11.6 Å². The lowest BCUT2D eigenvalue weighted by Crippen LogP contribution is -2.07. The molecule has 0 fully saturated rings. The van der Waals surface area contributed by atoms with Crippen molar-refractivity contribution in [2.24, 2.45) is 5.10 Å². The third-order valence-corrected chi connectivity index (χ3v) is 4.59. The number of non-ortho nitro benzene ring substituents is 1. The Balaban J connectivity index is 1.58. The first kappa shape index (κ1) is 23.0. The molecule has 0 aliphatic carbocycles. The Morgan fingerprint density at radius 3 is 2.03 bits per heavy atom. The summed E-state index contributed by atoms with van der Waals surface area (Å²) in [6.07, 6.45) is 1.30. The minimum Gasteiger partial charge on any atom is -0.497 e. The van der Waals surface area contributed by atoms with Gasteiger partial charge in [-0.25, -0.2) is 9.82 Å². The second kappa shape index (κ2) is 10.7. The number of nitrogens with zero attached hydrogens (tertiary/aromatic N) is 5. The van der Waals surface area contributed by atoms with Crippen LogP contribution in [-0.2, 0) is 0 Å². The highest BCUT2D eigenvalue weighted by atomic mass is 19.1. The summed E-state index contributed by atoms with van der Waals surface area (Å²) in [7, 11) is 1.57. The second-order valence-corrected chi connectivity index (χ2v) is 6.98. The number of nitro groups is 1. The first-order valence-corrected chi connectivity index (χ1v) is 10.2. The fraction of sp³-hybridized carbons (Fsp3) is 0.0435. The van der Waals surface area contributed by atoms with Gasteiger partial charge < -0.3 is 15.4 Å². The van der Waals surface area contributed by atoms with E-state index in [-0.39, 0.29) is 29.1 Å². The zero-order valence-corrected chi connectivity index (χ0v) is 18.3. The van der Waals surface area contributed by atoms with Crippen LogP contribution in [0.25, 0.3) is 0 Å². The largest absolute Gasteiger partial charge is 0.497 e. The van der Waals surface area contributed by atoms with Gasteiger partial charge in [-0.3, -0.25) is 10.1 Å². The number of anilines is 5. The van der Waals surface area contributed by atoms with E-state index in [1.54, 1.807) is 49.6 Å². The number of nitro benzene ring substituents is 1. The van der Waals surface area contributed by atoms with Crippen LogP contribution >= 0.6 is 0 Å². The molecule has 12 heteroatoms. The molecule has 1 aromatic heterocycles. The molecule has 0 unspecified atom stereocenters. The minimum atomic E-state index is -0.487. The van der Waals surface area contributed by atoms with Crippen molar-refractivity contribution in [1.29, 1.82) is 0 Å². The standard InChI is InChI=1S/C23H19FN8O3/c1-35-19-12-8-17(9-13-19)27-22-28-21(26-16-6-10-18(11-7-16)32(33)34)29-23(30-22)31-25-14-15-4-2-3-5-20(15)24/h2-14H,1H3,(H3,26,27,28,29,30,31)/b25-14-. The lowest BCUT2D eigenvalue weighted by molar-refractivity contribution is -0.384. The van der Waals surface area contributed by atoms with E-state index in [4.69, 9.17) is 4.74 Å². The molecule has 0 aliphatic rings. The summed E-state index contributed by atoms with van der Waals surface area (Å²) in [6.45, 7) is 0. The summed E-state index contributed by atoms with van der Waals surface area (Å²) >= 11 is 0. The van der Waals surface area contributed by atoms with Gasteiger partial charge in [-0.05, 0) is 42.5 Å². The summed E-state index contributed by atoms with van der Waals surface area (Å²) in [6, 6.07) is 19.1. The molecule has 3 aromatic carbocycles. The summed E-state index contributed by atoms with van der Waals surface area (Å²) in [5.74, 6) is 0.687. The zero-order valence-electron chi connectivity index (χ0n) is 18.3. The zero-order chi connectivity index (χ0) is 24.6. The Hall–Kier alpha value is -5.13. The molecular formula is C23H19FN8O3. The summed E-state index contributed by atoms with van der Waals surface area (Å²) in [5.41, 5.74) is 4.13. The van der Waals surface area contributed by atoms with Crippen molar-refractivity contribution in [3.8, 4) is 5.75 Å². The number of aromatic nitrogens is 3. The molecule has 35 heavy (non-hydrogen) atoms. The molecule has 0 saturated heterocycles. The van der Waals surface area contributed by atoms with Crippen LogP contribution in [0.15, 0.2) is 77.9 Å². The van der Waals surface area contributed by atoms with Gasteiger partial charge in [-0.15, -0.1) is 0 Å². The third-order valence-electron chi connectivity index (χ3n) is 4.59. The Labute approximate surface area is 198 Å². The molecule has 11 nitrogen and oxygen atoms in total. The van der Waals surface area contributed by atoms with Crippen LogP contribution in [0.5, 0.6) is 5.75 Å². The van der Waals surface area contributed by atoms with Gasteiger partial charge >= 0.3 is 0 Å². The fourth-order valence-electron chi connectivity index (χ4n) is 2.88. The molecule has 0 atom stereocenters. The second-order valence-electron chi connectivity index (χ2n) is 6.98. The average molecular weight is 474 g/mol. The number of methoxy groups -OCH3 is 1. The van der Waals surface area contributed by atoms with Crippen molar-refractivity contribution >= 4 is 41.1 Å². The lowest BCUT2D eigenvalue weighted by Gasteiger charge is -2.10. The molecule has 0 spiro atoms. The third kappa shape index (κ3) is 6.22. The highest BCUT2D eigenvalue weighted by Crippen LogP contribution is 2.22. The molecule has 0 amide bonds. The van der Waals surface area contributed by atoms with E-state index >= 15 is 0 Å². The van der Waals surface area contributed by atoms with Crippen molar-refractivity contribution in [2.75, 3.05) is 23.2 Å². The summed E-state index contributed by atoms with van der Waals surface area (Å²) < 4.78 is 19.0. The monoisotopic (exact) mass is 474 g/mol. The van der Waals surface area contributed by atoms with Gasteiger partial charge in [0, 0.05) is 29.1 Å². The lowest BCUT2D eigenvalue weighted by atomic mass is 10.2. The van der Waals surface area contributed by atoms with Gasteiger partial charge in [0.15, 0.2) is 0 Å². The predicted molar refractivity (Wildman–Crippen MR) is 130 cm³/mol. The SMILES string of the molecule is COc1ccc(Nc2nc(N/N=C\c3ccccc3F)nc(Nc3ccc([N+](=O)[O-])cc3)n2)cc1. The molecule has 0 radical (unpaired) electrons. The molecule has 1 heterocycles. The van der Waals surface area contributed by atoms with Crippen molar-refractivity contribution < 1.29 is 14.1 Å². The molecule has 3 N–H and O–H groups in total. The van der Waals surface area contributed by atoms with E-state index < -0.39 is 10.7 Å². The van der Waals surface area contributed by atoms with Crippen LogP contribution in [0, 0.1) is 15.9 Å². The van der Waals surface area contributed by atoms with E-state index in [2.05, 4.69) is 36.1 Å². The minimum absolute atomic E-state index is 0.0436. The molecule has 4 rings (SSSR count). The van der Waals surface area contributed by atoms with Crippen molar-refractivity contribution in [3.63, 3.8) is 0 Å². The molecular weight excluding hydrogens is 455 g/mol. The summed E-state index contributed by atoms with van der Waals surface area (Å²) in [5, 5.41) is 20.9. The normalized spacial score (nSPS) is 10.7. The van der Waals surface area contributed by atoms with Crippen LogP contribution < -0.4 is 20.8 Å². The summed E-state index contributed by atoms with van der Waals surface area (Å²) in [4.78, 5) is 23.3. The highest BCUT2D eigenvalue weighted by Gasteiger charge is 2.09. The number of halogens is 1. The van der Waals surface area contributed by atoms with E-state index in [0.717, 1.165) is 0 Å². The first-order valence-electron chi connectivity index (χ1n) is 10.2. The van der Waals surface area contributed by atoms with Crippen molar-refractivity contribution in [1.82, 2.24) is 15.0 Å². The van der Waals surface area contributed by atoms with Crippen LogP contribution in [-0.4, -0.2) is 33.2 Å². The Morgan fingerprint density at radius 2 is 1.46 bits per heavy atom.